The third-order valence-electron chi connectivity index (χ3n) is 5.16. The average molecular weight is 290 g/mol. The number of benzene rings is 1. The van der Waals surface area contributed by atoms with E-state index in [2.05, 4.69) is 4.90 Å². The van der Waals surface area contributed by atoms with Gasteiger partial charge in [0.2, 0.25) is 0 Å². The monoisotopic (exact) mass is 290 g/mol. The van der Waals surface area contributed by atoms with E-state index < -0.39 is 0 Å². The molecule has 0 radical (unpaired) electrons. The number of hydrogen-bond donors (Lipinski definition) is 1. The Balaban J connectivity index is 1.83. The second-order valence-corrected chi connectivity index (χ2v) is 6.31. The lowest BCUT2D eigenvalue weighted by atomic mass is 9.75. The van der Waals surface area contributed by atoms with Gasteiger partial charge in [0, 0.05) is 25.2 Å². The quantitative estimate of drug-likeness (QED) is 0.868. The first kappa shape index (κ1) is 14.4. The standard InChI is InChI=1S/C17H26N2O2/c1-20-16-9-14(18)15(10-17(16)21-2)19-8-7-12-5-3-4-6-13(12)11-19/h9-10,12-13H,3-8,11,18H2,1-2H3. The van der Waals surface area contributed by atoms with Gasteiger partial charge in [-0.2, -0.15) is 0 Å². The smallest absolute Gasteiger partial charge is 0.162 e. The van der Waals surface area contributed by atoms with Crippen molar-refractivity contribution in [3.8, 4) is 11.5 Å². The average Bonchev–Trinajstić information content (AvgIpc) is 2.54. The van der Waals surface area contributed by atoms with Gasteiger partial charge in [-0.05, 0) is 24.7 Å². The summed E-state index contributed by atoms with van der Waals surface area (Å²) in [5, 5.41) is 0. The van der Waals surface area contributed by atoms with Gasteiger partial charge in [0.05, 0.1) is 25.6 Å². The summed E-state index contributed by atoms with van der Waals surface area (Å²) in [4.78, 5) is 2.43. The lowest BCUT2D eigenvalue weighted by Crippen LogP contribution is -2.42. The molecule has 2 N–H and O–H groups in total. The molecule has 0 spiro atoms. The van der Waals surface area contributed by atoms with Gasteiger partial charge in [-0.3, -0.25) is 0 Å². The summed E-state index contributed by atoms with van der Waals surface area (Å²) < 4.78 is 10.7. The number of fused-ring (bicyclic) bond motifs is 1. The predicted octanol–water partition coefficient (Wildman–Crippen LogP) is 3.30. The van der Waals surface area contributed by atoms with E-state index in [9.17, 15) is 0 Å². The molecule has 0 aromatic heterocycles. The van der Waals surface area contributed by atoms with Gasteiger partial charge in [-0.25, -0.2) is 0 Å². The number of anilines is 2. The molecule has 4 heteroatoms. The molecule has 1 saturated heterocycles. The molecule has 1 aromatic rings. The van der Waals surface area contributed by atoms with E-state index in [1.165, 1.54) is 32.1 Å². The third kappa shape index (κ3) is 2.76. The van der Waals surface area contributed by atoms with Crippen LogP contribution < -0.4 is 20.1 Å². The highest BCUT2D eigenvalue weighted by Crippen LogP contribution is 2.41. The van der Waals surface area contributed by atoms with Crippen LogP contribution in [0.3, 0.4) is 0 Å². The molecule has 1 aliphatic carbocycles. The van der Waals surface area contributed by atoms with Crippen molar-refractivity contribution in [1.29, 1.82) is 0 Å². The SMILES string of the molecule is COc1cc(N)c(N2CCC3CCCCC3C2)cc1OC. The Hall–Kier alpha value is -1.58. The molecule has 116 valence electrons. The number of piperidine rings is 1. The van der Waals surface area contributed by atoms with Crippen molar-refractivity contribution in [1.82, 2.24) is 0 Å². The molecule has 21 heavy (non-hydrogen) atoms. The van der Waals surface area contributed by atoms with Crippen molar-refractivity contribution < 1.29 is 9.47 Å². The molecule has 1 aromatic carbocycles. The van der Waals surface area contributed by atoms with E-state index in [0.29, 0.717) is 5.75 Å². The number of methoxy groups -OCH3 is 2. The van der Waals surface area contributed by atoms with Crippen molar-refractivity contribution in [3.05, 3.63) is 12.1 Å². The van der Waals surface area contributed by atoms with Crippen molar-refractivity contribution in [2.75, 3.05) is 37.9 Å². The number of nitrogen functional groups attached to an aromatic ring is 1. The molecule has 1 saturated carbocycles. The summed E-state index contributed by atoms with van der Waals surface area (Å²) in [7, 11) is 3.32. The fraction of sp³-hybridized carbons (Fsp3) is 0.647. The van der Waals surface area contributed by atoms with E-state index in [0.717, 1.165) is 42.0 Å². The minimum atomic E-state index is 0.700. The summed E-state index contributed by atoms with van der Waals surface area (Å²) >= 11 is 0. The largest absolute Gasteiger partial charge is 0.493 e. The van der Waals surface area contributed by atoms with Crippen molar-refractivity contribution >= 4 is 11.4 Å². The molecular weight excluding hydrogens is 264 g/mol. The maximum atomic E-state index is 6.24. The van der Waals surface area contributed by atoms with Crippen LogP contribution >= 0.6 is 0 Å². The van der Waals surface area contributed by atoms with Crippen LogP contribution in [0.25, 0.3) is 0 Å². The van der Waals surface area contributed by atoms with E-state index >= 15 is 0 Å². The molecular formula is C17H26N2O2. The Morgan fingerprint density at radius 3 is 2.38 bits per heavy atom. The zero-order chi connectivity index (χ0) is 14.8. The van der Waals surface area contributed by atoms with Crippen LogP contribution in [-0.4, -0.2) is 27.3 Å². The summed E-state index contributed by atoms with van der Waals surface area (Å²) in [6.07, 6.45) is 6.88. The first-order valence-electron chi connectivity index (χ1n) is 7.99. The molecule has 2 fully saturated rings. The fourth-order valence-corrected chi connectivity index (χ4v) is 3.98. The van der Waals surface area contributed by atoms with Crippen LogP contribution in [-0.2, 0) is 0 Å². The van der Waals surface area contributed by atoms with E-state index in [1.807, 2.05) is 12.1 Å². The summed E-state index contributed by atoms with van der Waals surface area (Å²) in [5.74, 6) is 3.22. The van der Waals surface area contributed by atoms with Crippen LogP contribution in [0.2, 0.25) is 0 Å². The van der Waals surface area contributed by atoms with Gasteiger partial charge in [0.25, 0.3) is 0 Å². The fourth-order valence-electron chi connectivity index (χ4n) is 3.98. The van der Waals surface area contributed by atoms with Gasteiger partial charge in [0.1, 0.15) is 0 Å². The summed E-state index contributed by atoms with van der Waals surface area (Å²) in [6.45, 7) is 2.23. The van der Waals surface area contributed by atoms with Crippen LogP contribution in [0, 0.1) is 11.8 Å². The Bertz CT molecular complexity index is 504. The molecule has 1 aliphatic heterocycles. The van der Waals surface area contributed by atoms with Gasteiger partial charge in [0.15, 0.2) is 11.5 Å². The topological polar surface area (TPSA) is 47.7 Å². The molecule has 2 aliphatic rings. The third-order valence-corrected chi connectivity index (χ3v) is 5.16. The van der Waals surface area contributed by atoms with Crippen LogP contribution in [0.5, 0.6) is 11.5 Å². The molecule has 2 atom stereocenters. The molecule has 0 bridgehead atoms. The number of ether oxygens (including phenoxy) is 2. The Morgan fingerprint density at radius 1 is 1.00 bits per heavy atom. The predicted molar refractivity (Wildman–Crippen MR) is 86.2 cm³/mol. The molecule has 0 amide bonds. The van der Waals surface area contributed by atoms with E-state index in [1.54, 1.807) is 14.2 Å². The van der Waals surface area contributed by atoms with Crippen molar-refractivity contribution in [3.63, 3.8) is 0 Å². The van der Waals surface area contributed by atoms with Crippen molar-refractivity contribution in [2.24, 2.45) is 11.8 Å². The van der Waals surface area contributed by atoms with Gasteiger partial charge in [-0.15, -0.1) is 0 Å². The maximum Gasteiger partial charge on any atom is 0.162 e. The molecule has 1 heterocycles. The Kier molecular flexibility index (Phi) is 4.13. The van der Waals surface area contributed by atoms with Crippen molar-refractivity contribution in [2.45, 2.75) is 32.1 Å². The van der Waals surface area contributed by atoms with E-state index in [-0.39, 0.29) is 0 Å². The lowest BCUT2D eigenvalue weighted by molar-refractivity contribution is 0.202. The number of nitrogens with zero attached hydrogens (tertiary/aromatic N) is 1. The highest BCUT2D eigenvalue weighted by atomic mass is 16.5. The first-order valence-corrected chi connectivity index (χ1v) is 7.99. The minimum absolute atomic E-state index is 0.700. The Labute approximate surface area is 127 Å². The zero-order valence-electron chi connectivity index (χ0n) is 13.1. The molecule has 2 unspecified atom stereocenters. The normalized spacial score (nSPS) is 25.3. The Morgan fingerprint density at radius 2 is 1.67 bits per heavy atom. The minimum Gasteiger partial charge on any atom is -0.493 e. The van der Waals surface area contributed by atoms with Crippen LogP contribution in [0.1, 0.15) is 32.1 Å². The van der Waals surface area contributed by atoms with E-state index in [4.69, 9.17) is 15.2 Å². The summed E-state index contributed by atoms with van der Waals surface area (Å²) in [6, 6.07) is 3.90. The lowest BCUT2D eigenvalue weighted by Gasteiger charge is -2.42. The number of hydrogen-bond acceptors (Lipinski definition) is 4. The second kappa shape index (κ2) is 6.04. The van der Waals surface area contributed by atoms with Crippen LogP contribution in [0.4, 0.5) is 11.4 Å². The molecule has 4 nitrogen and oxygen atoms in total. The number of rotatable bonds is 3. The highest BCUT2D eigenvalue weighted by molar-refractivity contribution is 5.73. The van der Waals surface area contributed by atoms with Crippen LogP contribution in [0.15, 0.2) is 12.1 Å². The first-order chi connectivity index (χ1) is 10.2. The maximum absolute atomic E-state index is 6.24. The van der Waals surface area contributed by atoms with Gasteiger partial charge < -0.3 is 20.1 Å². The molecule has 3 rings (SSSR count). The second-order valence-electron chi connectivity index (χ2n) is 6.31. The summed E-state index contributed by atoms with van der Waals surface area (Å²) in [5.41, 5.74) is 8.12. The van der Waals surface area contributed by atoms with Gasteiger partial charge >= 0.3 is 0 Å². The zero-order valence-corrected chi connectivity index (χ0v) is 13.1. The van der Waals surface area contributed by atoms with Gasteiger partial charge in [-0.1, -0.05) is 19.3 Å². The number of nitrogens with two attached hydrogens (primary N) is 1. The highest BCUT2D eigenvalue weighted by Gasteiger charge is 2.32.